The average molecular weight is 427 g/mol. The second kappa shape index (κ2) is 6.53. The van der Waals surface area contributed by atoms with Crippen molar-refractivity contribution in [2.75, 3.05) is 25.0 Å². The standard InChI is InChI=1S/C21H20BrFN4/c1-26-15-4-5-16(26)11-27(10-15)20-7-2-13(8-18(20)23)21-17-9-14(22)3-6-19(17)24-12-25-21/h2-3,6-9,12,15-16H,4-5,10-11H2,1H3/t15-,16+. The normalized spacial score (nSPS) is 22.6. The van der Waals surface area contributed by atoms with Gasteiger partial charge in [0.15, 0.2) is 0 Å². The van der Waals surface area contributed by atoms with Crippen LogP contribution in [0.3, 0.4) is 0 Å². The van der Waals surface area contributed by atoms with Crippen LogP contribution >= 0.6 is 15.9 Å². The first-order valence-electron chi connectivity index (χ1n) is 9.27. The van der Waals surface area contributed by atoms with Crippen LogP contribution in [-0.2, 0) is 0 Å². The van der Waals surface area contributed by atoms with Crippen molar-refractivity contribution in [3.8, 4) is 11.3 Å². The summed E-state index contributed by atoms with van der Waals surface area (Å²) in [6.45, 7) is 1.79. The molecule has 2 aliphatic heterocycles. The van der Waals surface area contributed by atoms with E-state index in [0.29, 0.717) is 17.8 Å². The minimum Gasteiger partial charge on any atom is -0.366 e. The van der Waals surface area contributed by atoms with Gasteiger partial charge in [-0.25, -0.2) is 14.4 Å². The zero-order valence-corrected chi connectivity index (χ0v) is 16.7. The van der Waals surface area contributed by atoms with Gasteiger partial charge in [-0.2, -0.15) is 0 Å². The maximum absolute atomic E-state index is 15.1. The van der Waals surface area contributed by atoms with Gasteiger partial charge in [0.25, 0.3) is 0 Å². The van der Waals surface area contributed by atoms with Crippen molar-refractivity contribution in [2.45, 2.75) is 24.9 Å². The van der Waals surface area contributed by atoms with E-state index in [1.165, 1.54) is 19.2 Å². The monoisotopic (exact) mass is 426 g/mol. The quantitative estimate of drug-likeness (QED) is 0.604. The molecule has 0 N–H and O–H groups in total. The van der Waals surface area contributed by atoms with Gasteiger partial charge < -0.3 is 4.90 Å². The number of likely N-dealkylation sites (N-methyl/N-ethyl adjacent to an activating group) is 1. The Hall–Kier alpha value is -2.05. The molecule has 2 atom stereocenters. The lowest BCUT2D eigenvalue weighted by molar-refractivity contribution is 0.212. The number of benzene rings is 2. The highest BCUT2D eigenvalue weighted by atomic mass is 79.9. The van der Waals surface area contributed by atoms with E-state index in [2.05, 4.69) is 42.7 Å². The van der Waals surface area contributed by atoms with Gasteiger partial charge in [-0.05, 0) is 50.2 Å². The first-order chi connectivity index (χ1) is 13.1. The van der Waals surface area contributed by atoms with E-state index in [1.807, 2.05) is 30.3 Å². The highest BCUT2D eigenvalue weighted by Crippen LogP contribution is 2.34. The van der Waals surface area contributed by atoms with Gasteiger partial charge in [0.2, 0.25) is 0 Å². The number of anilines is 1. The molecule has 4 nitrogen and oxygen atoms in total. The number of rotatable bonds is 2. The molecule has 27 heavy (non-hydrogen) atoms. The maximum Gasteiger partial charge on any atom is 0.147 e. The van der Waals surface area contributed by atoms with Crippen LogP contribution in [0.4, 0.5) is 10.1 Å². The van der Waals surface area contributed by atoms with Crippen molar-refractivity contribution in [3.63, 3.8) is 0 Å². The lowest BCUT2D eigenvalue weighted by Crippen LogP contribution is -2.52. The number of halogens is 2. The number of nitrogens with zero attached hydrogens (tertiary/aromatic N) is 4. The predicted molar refractivity (Wildman–Crippen MR) is 109 cm³/mol. The summed E-state index contributed by atoms with van der Waals surface area (Å²) in [4.78, 5) is 13.4. The highest BCUT2D eigenvalue weighted by molar-refractivity contribution is 9.10. The van der Waals surface area contributed by atoms with Crippen molar-refractivity contribution < 1.29 is 4.39 Å². The number of piperazine rings is 1. The second-order valence-electron chi connectivity index (χ2n) is 7.51. The molecule has 0 spiro atoms. The molecule has 0 unspecified atom stereocenters. The molecule has 5 rings (SSSR count). The third kappa shape index (κ3) is 2.91. The Balaban J connectivity index is 1.52. The van der Waals surface area contributed by atoms with Crippen LogP contribution < -0.4 is 4.90 Å². The van der Waals surface area contributed by atoms with Crippen LogP contribution in [0.5, 0.6) is 0 Å². The van der Waals surface area contributed by atoms with Gasteiger partial charge in [-0.3, -0.25) is 4.90 Å². The van der Waals surface area contributed by atoms with E-state index in [1.54, 1.807) is 6.07 Å². The summed E-state index contributed by atoms with van der Waals surface area (Å²) < 4.78 is 16.0. The fourth-order valence-corrected chi connectivity index (χ4v) is 4.84. The van der Waals surface area contributed by atoms with E-state index < -0.39 is 0 Å². The minimum absolute atomic E-state index is 0.182. The second-order valence-corrected chi connectivity index (χ2v) is 8.42. The van der Waals surface area contributed by atoms with Crippen molar-refractivity contribution in [2.24, 2.45) is 0 Å². The highest BCUT2D eigenvalue weighted by Gasteiger charge is 2.38. The molecule has 2 bridgehead atoms. The molecule has 3 aromatic rings. The molecule has 0 saturated carbocycles. The van der Waals surface area contributed by atoms with Crippen LogP contribution in [0.1, 0.15) is 12.8 Å². The Morgan fingerprint density at radius 3 is 2.56 bits per heavy atom. The molecular formula is C21H20BrFN4. The molecule has 6 heteroatoms. The Labute approximate surface area is 166 Å². The molecule has 2 aromatic carbocycles. The number of hydrogen-bond donors (Lipinski definition) is 0. The van der Waals surface area contributed by atoms with Crippen LogP contribution in [0.2, 0.25) is 0 Å². The number of hydrogen-bond acceptors (Lipinski definition) is 4. The predicted octanol–water partition coefficient (Wildman–Crippen LogP) is 4.48. The maximum atomic E-state index is 15.1. The summed E-state index contributed by atoms with van der Waals surface area (Å²) in [6, 6.07) is 12.4. The van der Waals surface area contributed by atoms with Gasteiger partial charge in [0.1, 0.15) is 12.1 Å². The summed E-state index contributed by atoms with van der Waals surface area (Å²) in [7, 11) is 2.19. The number of aromatic nitrogens is 2. The summed E-state index contributed by atoms with van der Waals surface area (Å²) in [5, 5.41) is 0.914. The summed E-state index contributed by atoms with van der Waals surface area (Å²) in [6.07, 6.45) is 3.95. The molecule has 2 fully saturated rings. The fraction of sp³-hybridized carbons (Fsp3) is 0.333. The lowest BCUT2D eigenvalue weighted by atomic mass is 10.0. The van der Waals surface area contributed by atoms with Crippen LogP contribution in [0, 0.1) is 5.82 Å². The van der Waals surface area contributed by atoms with Gasteiger partial charge in [0, 0.05) is 40.6 Å². The SMILES string of the molecule is CN1[C@@H]2CC[C@H]1CN(c1ccc(-c3ncnc4ccc(Br)cc34)cc1F)C2. The van der Waals surface area contributed by atoms with E-state index in [9.17, 15) is 0 Å². The van der Waals surface area contributed by atoms with Crippen molar-refractivity contribution in [1.29, 1.82) is 0 Å². The minimum atomic E-state index is -0.182. The summed E-state index contributed by atoms with van der Waals surface area (Å²) in [5.41, 5.74) is 3.08. The summed E-state index contributed by atoms with van der Waals surface area (Å²) in [5.74, 6) is -0.182. The van der Waals surface area contributed by atoms with Crippen molar-refractivity contribution in [1.82, 2.24) is 14.9 Å². The van der Waals surface area contributed by atoms with Gasteiger partial charge in [0.05, 0.1) is 16.9 Å². The molecule has 0 radical (unpaired) electrons. The van der Waals surface area contributed by atoms with Crippen molar-refractivity contribution >= 4 is 32.5 Å². The van der Waals surface area contributed by atoms with Crippen LogP contribution in [-0.4, -0.2) is 47.1 Å². The summed E-state index contributed by atoms with van der Waals surface area (Å²) >= 11 is 3.50. The first kappa shape index (κ1) is 17.1. The van der Waals surface area contributed by atoms with E-state index in [-0.39, 0.29) is 5.82 Å². The Bertz CT molecular complexity index is 1010. The molecule has 3 heterocycles. The topological polar surface area (TPSA) is 32.3 Å². The van der Waals surface area contributed by atoms with Crippen molar-refractivity contribution in [3.05, 3.63) is 53.0 Å². The smallest absolute Gasteiger partial charge is 0.147 e. The third-order valence-electron chi connectivity index (χ3n) is 6.01. The van der Waals surface area contributed by atoms with E-state index >= 15 is 4.39 Å². The fourth-order valence-electron chi connectivity index (χ4n) is 4.48. The molecule has 0 aliphatic carbocycles. The average Bonchev–Trinajstić information content (AvgIpc) is 2.88. The van der Waals surface area contributed by atoms with Gasteiger partial charge >= 0.3 is 0 Å². The Kier molecular flexibility index (Phi) is 4.13. The Morgan fingerprint density at radius 1 is 1.04 bits per heavy atom. The Morgan fingerprint density at radius 2 is 1.81 bits per heavy atom. The zero-order chi connectivity index (χ0) is 18.5. The third-order valence-corrected chi connectivity index (χ3v) is 6.50. The van der Waals surface area contributed by atoms with Gasteiger partial charge in [-0.15, -0.1) is 0 Å². The molecule has 0 amide bonds. The molecule has 1 aromatic heterocycles. The van der Waals surface area contributed by atoms with Crippen LogP contribution in [0.15, 0.2) is 47.2 Å². The largest absolute Gasteiger partial charge is 0.366 e. The van der Waals surface area contributed by atoms with Crippen LogP contribution in [0.25, 0.3) is 22.2 Å². The van der Waals surface area contributed by atoms with E-state index in [0.717, 1.165) is 39.7 Å². The number of fused-ring (bicyclic) bond motifs is 3. The van der Waals surface area contributed by atoms with Gasteiger partial charge in [-0.1, -0.05) is 22.0 Å². The van der Waals surface area contributed by atoms with E-state index in [4.69, 9.17) is 0 Å². The zero-order valence-electron chi connectivity index (χ0n) is 15.1. The lowest BCUT2D eigenvalue weighted by Gasteiger charge is -2.40. The molecular weight excluding hydrogens is 407 g/mol. The molecule has 138 valence electrons. The molecule has 2 aliphatic rings. The molecule has 2 saturated heterocycles. The first-order valence-corrected chi connectivity index (χ1v) is 10.1.